The summed E-state index contributed by atoms with van der Waals surface area (Å²) in [7, 11) is 0. The fourth-order valence-corrected chi connectivity index (χ4v) is 3.50. The molecule has 0 atom stereocenters. The van der Waals surface area contributed by atoms with E-state index in [0.717, 1.165) is 36.7 Å². The number of hydrogen-bond donors (Lipinski definition) is 3. The molecular formula is C20H21N5O3. The van der Waals surface area contributed by atoms with E-state index in [2.05, 4.69) is 20.6 Å². The van der Waals surface area contributed by atoms with Crippen LogP contribution >= 0.6 is 0 Å². The lowest BCUT2D eigenvalue weighted by atomic mass is 10.2. The van der Waals surface area contributed by atoms with Crippen LogP contribution in [-0.4, -0.2) is 32.4 Å². The van der Waals surface area contributed by atoms with Gasteiger partial charge in [0.05, 0.1) is 22.9 Å². The van der Waals surface area contributed by atoms with Gasteiger partial charge in [0.1, 0.15) is 6.54 Å². The van der Waals surface area contributed by atoms with Crippen LogP contribution in [0.25, 0.3) is 11.0 Å². The number of carbonyl (C=O) groups excluding carboxylic acids is 2. The van der Waals surface area contributed by atoms with E-state index in [1.54, 1.807) is 24.5 Å². The smallest absolute Gasteiger partial charge is 0.252 e. The number of pyridine rings is 1. The Kier molecular flexibility index (Phi) is 4.92. The third-order valence-electron chi connectivity index (χ3n) is 4.95. The highest BCUT2D eigenvalue weighted by Gasteiger charge is 2.18. The van der Waals surface area contributed by atoms with Crippen LogP contribution in [0.2, 0.25) is 0 Å². The molecule has 1 aromatic carbocycles. The average Bonchev–Trinajstić information content (AvgIpc) is 3.34. The number of anilines is 1. The Morgan fingerprint density at radius 3 is 2.82 bits per heavy atom. The third-order valence-corrected chi connectivity index (χ3v) is 4.95. The van der Waals surface area contributed by atoms with E-state index in [4.69, 9.17) is 0 Å². The highest BCUT2D eigenvalue weighted by atomic mass is 16.2. The molecular weight excluding hydrogens is 358 g/mol. The van der Waals surface area contributed by atoms with Gasteiger partial charge in [0.15, 0.2) is 0 Å². The summed E-state index contributed by atoms with van der Waals surface area (Å²) in [6, 6.07) is 8.31. The van der Waals surface area contributed by atoms with Crippen LogP contribution in [0.4, 0.5) is 5.69 Å². The van der Waals surface area contributed by atoms with E-state index in [-0.39, 0.29) is 30.0 Å². The Bertz CT molecular complexity index is 1080. The van der Waals surface area contributed by atoms with Gasteiger partial charge in [0.25, 0.3) is 11.5 Å². The Morgan fingerprint density at radius 2 is 2.00 bits per heavy atom. The number of benzene rings is 1. The minimum atomic E-state index is -0.352. The fraction of sp³-hybridized carbons (Fsp3) is 0.300. The van der Waals surface area contributed by atoms with Crippen LogP contribution in [0.3, 0.4) is 0 Å². The van der Waals surface area contributed by atoms with E-state index in [0.29, 0.717) is 11.3 Å². The zero-order valence-corrected chi connectivity index (χ0v) is 15.3. The molecule has 1 fully saturated rings. The largest absolute Gasteiger partial charge is 0.349 e. The molecule has 4 rings (SSSR count). The first-order valence-electron chi connectivity index (χ1n) is 9.33. The first-order valence-corrected chi connectivity index (χ1v) is 9.33. The van der Waals surface area contributed by atoms with Crippen molar-refractivity contribution in [1.82, 2.24) is 19.9 Å². The number of aromatic amines is 1. The molecule has 3 aromatic rings. The van der Waals surface area contributed by atoms with Crippen molar-refractivity contribution in [2.45, 2.75) is 38.3 Å². The molecule has 0 spiro atoms. The molecule has 2 amide bonds. The standard InChI is InChI=1S/C20H21N5O3/c26-18(23-15-6-7-16-17(9-15)22-12-21-16)11-25-10-13(5-8-19(25)27)20(28)24-14-3-1-2-4-14/h5-10,12,14H,1-4,11H2,(H,21,22)(H,23,26)(H,24,28). The Balaban J connectivity index is 1.44. The number of H-pyrrole nitrogens is 1. The predicted octanol–water partition coefficient (Wildman–Crippen LogP) is 2.04. The highest BCUT2D eigenvalue weighted by molar-refractivity contribution is 5.95. The Labute approximate surface area is 161 Å². The van der Waals surface area contributed by atoms with Crippen molar-refractivity contribution >= 4 is 28.5 Å². The molecule has 1 aliphatic carbocycles. The van der Waals surface area contributed by atoms with Gasteiger partial charge in [-0.05, 0) is 37.1 Å². The summed E-state index contributed by atoms with van der Waals surface area (Å²) in [5, 5.41) is 5.75. The van der Waals surface area contributed by atoms with Gasteiger partial charge in [-0.25, -0.2) is 4.98 Å². The van der Waals surface area contributed by atoms with Gasteiger partial charge >= 0.3 is 0 Å². The zero-order valence-electron chi connectivity index (χ0n) is 15.3. The second-order valence-corrected chi connectivity index (χ2v) is 7.02. The average molecular weight is 379 g/mol. The molecule has 0 saturated heterocycles. The summed E-state index contributed by atoms with van der Waals surface area (Å²) in [6.45, 7) is -0.176. The minimum absolute atomic E-state index is 0.176. The molecule has 1 aliphatic rings. The van der Waals surface area contributed by atoms with Crippen molar-refractivity contribution in [3.63, 3.8) is 0 Å². The monoisotopic (exact) mass is 379 g/mol. The first-order chi connectivity index (χ1) is 13.6. The fourth-order valence-electron chi connectivity index (χ4n) is 3.50. The van der Waals surface area contributed by atoms with Crippen molar-refractivity contribution in [2.75, 3.05) is 5.32 Å². The van der Waals surface area contributed by atoms with Crippen LogP contribution < -0.4 is 16.2 Å². The van der Waals surface area contributed by atoms with Gasteiger partial charge in [-0.1, -0.05) is 12.8 Å². The summed E-state index contributed by atoms with van der Waals surface area (Å²) in [5.41, 5.74) is 2.25. The normalized spacial score (nSPS) is 14.3. The van der Waals surface area contributed by atoms with Crippen LogP contribution in [0.5, 0.6) is 0 Å². The van der Waals surface area contributed by atoms with Crippen molar-refractivity contribution < 1.29 is 9.59 Å². The van der Waals surface area contributed by atoms with Crippen molar-refractivity contribution in [3.05, 3.63) is 58.8 Å². The summed E-state index contributed by atoms with van der Waals surface area (Å²) in [4.78, 5) is 44.0. The number of rotatable bonds is 5. The van der Waals surface area contributed by atoms with Crippen molar-refractivity contribution in [2.24, 2.45) is 0 Å². The maximum absolute atomic E-state index is 12.4. The number of carbonyl (C=O) groups is 2. The molecule has 0 bridgehead atoms. The number of nitrogens with zero attached hydrogens (tertiary/aromatic N) is 2. The van der Waals surface area contributed by atoms with Crippen LogP contribution in [0.1, 0.15) is 36.0 Å². The second kappa shape index (κ2) is 7.67. The van der Waals surface area contributed by atoms with E-state index in [1.807, 2.05) is 0 Å². The lowest BCUT2D eigenvalue weighted by Crippen LogP contribution is -2.34. The Hall–Kier alpha value is -3.42. The van der Waals surface area contributed by atoms with E-state index < -0.39 is 0 Å². The van der Waals surface area contributed by atoms with Gasteiger partial charge in [0.2, 0.25) is 5.91 Å². The van der Waals surface area contributed by atoms with E-state index in [1.165, 1.54) is 22.9 Å². The second-order valence-electron chi connectivity index (χ2n) is 7.02. The van der Waals surface area contributed by atoms with Gasteiger partial charge in [-0.15, -0.1) is 0 Å². The van der Waals surface area contributed by atoms with E-state index in [9.17, 15) is 14.4 Å². The molecule has 8 heteroatoms. The third kappa shape index (κ3) is 3.95. The molecule has 0 aliphatic heterocycles. The molecule has 2 aromatic heterocycles. The molecule has 8 nitrogen and oxygen atoms in total. The summed E-state index contributed by atoms with van der Waals surface area (Å²) >= 11 is 0. The molecule has 0 radical (unpaired) electrons. The molecule has 144 valence electrons. The number of amides is 2. The van der Waals surface area contributed by atoms with Gasteiger partial charge < -0.3 is 20.2 Å². The quantitative estimate of drug-likeness (QED) is 0.630. The number of hydrogen-bond acceptors (Lipinski definition) is 4. The number of fused-ring (bicyclic) bond motifs is 1. The SMILES string of the molecule is O=C(Cn1cc(C(=O)NC2CCCC2)ccc1=O)Nc1ccc2nc[nH]c2c1. The number of imidazole rings is 1. The topological polar surface area (TPSA) is 109 Å². The Morgan fingerprint density at radius 1 is 1.18 bits per heavy atom. The van der Waals surface area contributed by atoms with Crippen molar-refractivity contribution in [3.8, 4) is 0 Å². The summed E-state index contributed by atoms with van der Waals surface area (Å²) in [5.74, 6) is -0.569. The predicted molar refractivity (Wildman–Crippen MR) is 105 cm³/mol. The lowest BCUT2D eigenvalue weighted by molar-refractivity contribution is -0.116. The van der Waals surface area contributed by atoms with Gasteiger partial charge in [-0.3, -0.25) is 14.4 Å². The van der Waals surface area contributed by atoms with Gasteiger partial charge in [-0.2, -0.15) is 0 Å². The maximum atomic E-state index is 12.4. The van der Waals surface area contributed by atoms with Crippen LogP contribution in [-0.2, 0) is 11.3 Å². The highest BCUT2D eigenvalue weighted by Crippen LogP contribution is 2.18. The molecule has 3 N–H and O–H groups in total. The molecule has 2 heterocycles. The summed E-state index contributed by atoms with van der Waals surface area (Å²) < 4.78 is 1.24. The first kappa shape index (κ1) is 18.0. The van der Waals surface area contributed by atoms with E-state index >= 15 is 0 Å². The molecule has 0 unspecified atom stereocenters. The maximum Gasteiger partial charge on any atom is 0.252 e. The molecule has 28 heavy (non-hydrogen) atoms. The molecule has 1 saturated carbocycles. The summed E-state index contributed by atoms with van der Waals surface area (Å²) in [6.07, 6.45) is 7.22. The van der Waals surface area contributed by atoms with Crippen LogP contribution in [0.15, 0.2) is 47.7 Å². The van der Waals surface area contributed by atoms with Gasteiger partial charge in [0, 0.05) is 24.0 Å². The minimum Gasteiger partial charge on any atom is -0.349 e. The number of aromatic nitrogens is 3. The lowest BCUT2D eigenvalue weighted by Gasteiger charge is -2.13. The van der Waals surface area contributed by atoms with Crippen molar-refractivity contribution in [1.29, 1.82) is 0 Å². The van der Waals surface area contributed by atoms with Crippen LogP contribution in [0, 0.1) is 0 Å². The zero-order chi connectivity index (χ0) is 19.5. The number of nitrogens with one attached hydrogen (secondary N) is 3.